The Bertz CT molecular complexity index is 965. The van der Waals surface area contributed by atoms with Crippen molar-refractivity contribution < 1.29 is 37.0 Å². The molecule has 0 unspecified atom stereocenters. The van der Waals surface area contributed by atoms with E-state index in [1.807, 2.05) is 26.0 Å². The van der Waals surface area contributed by atoms with Crippen LogP contribution in [0.2, 0.25) is 0 Å². The van der Waals surface area contributed by atoms with Crippen molar-refractivity contribution >= 4 is 40.9 Å². The third-order valence-corrected chi connectivity index (χ3v) is 4.75. The first-order valence-corrected chi connectivity index (χ1v) is 10.4. The lowest BCUT2D eigenvalue weighted by atomic mass is 10.1. The summed E-state index contributed by atoms with van der Waals surface area (Å²) in [6.45, 7) is 3.25. The summed E-state index contributed by atoms with van der Waals surface area (Å²) < 4.78 is 44.9. The molecular weight excluding hydrogens is 449 g/mol. The van der Waals surface area contributed by atoms with Gasteiger partial charge in [-0.05, 0) is 49.7 Å². The number of benzene rings is 2. The van der Waals surface area contributed by atoms with Crippen LogP contribution >= 0.6 is 11.8 Å². The Hall–Kier alpha value is -3.21. The number of aryl methyl sites for hydroxylation is 2. The van der Waals surface area contributed by atoms with Gasteiger partial charge in [0.15, 0.2) is 6.61 Å². The largest absolute Gasteiger partial charge is 0.573 e. The zero-order valence-corrected chi connectivity index (χ0v) is 18.1. The number of thioether (sulfide) groups is 1. The molecule has 0 radical (unpaired) electrons. The number of anilines is 2. The van der Waals surface area contributed by atoms with Gasteiger partial charge in [-0.15, -0.1) is 24.9 Å². The second-order valence-corrected chi connectivity index (χ2v) is 7.63. The van der Waals surface area contributed by atoms with Gasteiger partial charge < -0.3 is 20.1 Å². The van der Waals surface area contributed by atoms with Crippen LogP contribution in [0.25, 0.3) is 0 Å². The molecule has 7 nitrogen and oxygen atoms in total. The predicted molar refractivity (Wildman–Crippen MR) is 115 cm³/mol. The molecule has 11 heteroatoms. The van der Waals surface area contributed by atoms with Crippen LogP contribution in [-0.2, 0) is 19.1 Å². The molecule has 172 valence electrons. The number of nitrogens with one attached hydrogen (secondary N) is 2. The molecule has 0 bridgehead atoms. The van der Waals surface area contributed by atoms with Gasteiger partial charge in [0.05, 0.1) is 11.5 Å². The van der Waals surface area contributed by atoms with Crippen LogP contribution in [0.1, 0.15) is 11.1 Å². The summed E-state index contributed by atoms with van der Waals surface area (Å²) >= 11 is 1.04. The third-order valence-electron chi connectivity index (χ3n) is 3.84. The van der Waals surface area contributed by atoms with E-state index in [0.717, 1.165) is 35.0 Å². The van der Waals surface area contributed by atoms with Crippen LogP contribution in [0.4, 0.5) is 24.5 Å². The van der Waals surface area contributed by atoms with E-state index in [9.17, 15) is 27.6 Å². The van der Waals surface area contributed by atoms with E-state index in [0.29, 0.717) is 5.69 Å². The summed E-state index contributed by atoms with van der Waals surface area (Å²) in [5.74, 6) is -2.15. The van der Waals surface area contributed by atoms with Crippen molar-refractivity contribution in [1.82, 2.24) is 0 Å². The standard InChI is InChI=1S/C21H21F3N2O5S/c1-13-3-8-17(14(2)9-13)26-19(28)11-32-12-20(29)30-10-18(27)25-15-4-6-16(7-5-15)31-21(22,23)24/h3-9H,10-12H2,1-2H3,(H,25,27)(H,26,28). The van der Waals surface area contributed by atoms with Gasteiger partial charge in [-0.25, -0.2) is 0 Å². The number of hydrogen-bond donors (Lipinski definition) is 2. The van der Waals surface area contributed by atoms with Gasteiger partial charge in [-0.2, -0.15) is 0 Å². The van der Waals surface area contributed by atoms with E-state index in [2.05, 4.69) is 15.4 Å². The number of carbonyl (C=O) groups is 3. The number of ether oxygens (including phenoxy) is 2. The predicted octanol–water partition coefficient (Wildman–Crippen LogP) is 4.06. The highest BCUT2D eigenvalue weighted by atomic mass is 32.2. The Morgan fingerprint density at radius 3 is 2.25 bits per heavy atom. The quantitative estimate of drug-likeness (QED) is 0.537. The number of alkyl halides is 3. The summed E-state index contributed by atoms with van der Waals surface area (Å²) in [5, 5.41) is 5.13. The lowest BCUT2D eigenvalue weighted by molar-refractivity contribution is -0.274. The molecule has 0 saturated heterocycles. The molecular formula is C21H21F3N2O5S. The molecule has 0 aliphatic carbocycles. The average Bonchev–Trinajstić information content (AvgIpc) is 2.69. The SMILES string of the molecule is Cc1ccc(NC(=O)CSCC(=O)OCC(=O)Nc2ccc(OC(F)(F)F)cc2)c(C)c1. The lowest BCUT2D eigenvalue weighted by Gasteiger charge is -2.10. The molecule has 0 fully saturated rings. The molecule has 0 atom stereocenters. The second kappa shape index (κ2) is 11.4. The van der Waals surface area contributed by atoms with E-state index in [1.54, 1.807) is 6.07 Å². The minimum atomic E-state index is -4.81. The molecule has 2 amide bonds. The van der Waals surface area contributed by atoms with Crippen molar-refractivity contribution in [2.75, 3.05) is 28.7 Å². The lowest BCUT2D eigenvalue weighted by Crippen LogP contribution is -2.22. The first-order chi connectivity index (χ1) is 15.0. The Morgan fingerprint density at radius 1 is 0.938 bits per heavy atom. The highest BCUT2D eigenvalue weighted by Crippen LogP contribution is 2.24. The molecule has 0 aliphatic rings. The first-order valence-electron chi connectivity index (χ1n) is 9.28. The number of rotatable bonds is 9. The van der Waals surface area contributed by atoms with Gasteiger partial charge in [0, 0.05) is 11.4 Å². The highest BCUT2D eigenvalue weighted by molar-refractivity contribution is 8.00. The van der Waals surface area contributed by atoms with E-state index >= 15 is 0 Å². The smallest absolute Gasteiger partial charge is 0.455 e. The topological polar surface area (TPSA) is 93.7 Å². The third kappa shape index (κ3) is 9.29. The Kier molecular flexibility index (Phi) is 8.94. The van der Waals surface area contributed by atoms with E-state index in [4.69, 9.17) is 4.74 Å². The molecule has 2 rings (SSSR count). The van der Waals surface area contributed by atoms with Gasteiger partial charge >= 0.3 is 12.3 Å². The molecule has 0 aromatic heterocycles. The van der Waals surface area contributed by atoms with Crippen molar-refractivity contribution in [3.05, 3.63) is 53.6 Å². The molecule has 0 aliphatic heterocycles. The molecule has 0 saturated carbocycles. The fraction of sp³-hybridized carbons (Fsp3) is 0.286. The monoisotopic (exact) mass is 470 g/mol. The van der Waals surface area contributed by atoms with Crippen LogP contribution in [0.5, 0.6) is 5.75 Å². The number of hydrogen-bond acceptors (Lipinski definition) is 6. The van der Waals surface area contributed by atoms with Gasteiger partial charge in [0.25, 0.3) is 5.91 Å². The fourth-order valence-corrected chi connectivity index (χ4v) is 3.10. The fourth-order valence-electron chi connectivity index (χ4n) is 2.49. The Morgan fingerprint density at radius 2 is 1.62 bits per heavy atom. The van der Waals surface area contributed by atoms with E-state index in [-0.39, 0.29) is 23.1 Å². The molecule has 2 aromatic rings. The molecule has 2 aromatic carbocycles. The van der Waals surface area contributed by atoms with Gasteiger partial charge in [0.1, 0.15) is 5.75 Å². The molecule has 0 heterocycles. The second-order valence-electron chi connectivity index (χ2n) is 6.64. The normalized spacial score (nSPS) is 10.9. The molecule has 0 spiro atoms. The van der Waals surface area contributed by atoms with E-state index in [1.165, 1.54) is 12.1 Å². The number of amides is 2. The van der Waals surface area contributed by atoms with Gasteiger partial charge in [-0.3, -0.25) is 14.4 Å². The Labute approximate surface area is 186 Å². The average molecular weight is 470 g/mol. The highest BCUT2D eigenvalue weighted by Gasteiger charge is 2.30. The summed E-state index contributed by atoms with van der Waals surface area (Å²) in [6.07, 6.45) is -4.81. The minimum Gasteiger partial charge on any atom is -0.455 e. The van der Waals surface area contributed by atoms with Gasteiger partial charge in [0.2, 0.25) is 5.91 Å². The minimum absolute atomic E-state index is 0.0287. The Balaban J connectivity index is 1.66. The number of esters is 1. The van der Waals surface area contributed by atoms with E-state index < -0.39 is 30.6 Å². The summed E-state index contributed by atoms with van der Waals surface area (Å²) in [6, 6.07) is 10.1. The van der Waals surface area contributed by atoms with Crippen molar-refractivity contribution in [3.8, 4) is 5.75 Å². The van der Waals surface area contributed by atoms with Gasteiger partial charge in [-0.1, -0.05) is 17.7 Å². The van der Waals surface area contributed by atoms with Crippen LogP contribution in [0.15, 0.2) is 42.5 Å². The zero-order valence-electron chi connectivity index (χ0n) is 17.2. The van der Waals surface area contributed by atoms with Crippen LogP contribution in [0.3, 0.4) is 0 Å². The zero-order chi connectivity index (χ0) is 23.7. The summed E-state index contributed by atoms with van der Waals surface area (Å²) in [5.41, 5.74) is 2.90. The maximum atomic E-state index is 12.1. The molecule has 32 heavy (non-hydrogen) atoms. The summed E-state index contributed by atoms with van der Waals surface area (Å²) in [7, 11) is 0. The van der Waals surface area contributed by atoms with Crippen LogP contribution in [-0.4, -0.2) is 42.3 Å². The van der Waals surface area contributed by atoms with Crippen molar-refractivity contribution in [3.63, 3.8) is 0 Å². The number of carbonyl (C=O) groups excluding carboxylic acids is 3. The van der Waals surface area contributed by atoms with Crippen LogP contribution < -0.4 is 15.4 Å². The maximum absolute atomic E-state index is 12.1. The maximum Gasteiger partial charge on any atom is 0.573 e. The van der Waals surface area contributed by atoms with Crippen molar-refractivity contribution in [2.45, 2.75) is 20.2 Å². The van der Waals surface area contributed by atoms with Crippen molar-refractivity contribution in [2.24, 2.45) is 0 Å². The van der Waals surface area contributed by atoms with Crippen LogP contribution in [0, 0.1) is 13.8 Å². The first kappa shape index (κ1) is 25.1. The molecule has 2 N–H and O–H groups in total. The summed E-state index contributed by atoms with van der Waals surface area (Å²) in [4.78, 5) is 35.5. The van der Waals surface area contributed by atoms with Crippen molar-refractivity contribution in [1.29, 1.82) is 0 Å². The number of halogens is 3.